The van der Waals surface area contributed by atoms with Crippen molar-refractivity contribution in [1.82, 2.24) is 20.1 Å². The molecule has 1 aliphatic heterocycles. The van der Waals surface area contributed by atoms with Crippen LogP contribution in [-0.2, 0) is 14.1 Å². The maximum absolute atomic E-state index is 13.6. The zero-order valence-electron chi connectivity index (χ0n) is 22.6. The Kier molecular flexibility index (Phi) is 10.3. The van der Waals surface area contributed by atoms with Gasteiger partial charge in [-0.3, -0.25) is 14.2 Å². The third kappa shape index (κ3) is 8.23. The Morgan fingerprint density at radius 1 is 0.976 bits per heavy atom. The van der Waals surface area contributed by atoms with Gasteiger partial charge in [0.15, 0.2) is 0 Å². The Bertz CT molecular complexity index is 1390. The molecule has 1 aromatic heterocycles. The number of ether oxygens (including phenoxy) is 1. The number of rotatable bonds is 10. The minimum atomic E-state index is -4.70. The van der Waals surface area contributed by atoms with E-state index in [1.807, 2.05) is 67.6 Å². The number of hydrogen-bond acceptors (Lipinski definition) is 7. The molecule has 0 saturated carbocycles. The van der Waals surface area contributed by atoms with Gasteiger partial charge < -0.3 is 29.6 Å². The molecular weight excluding hydrogens is 567 g/mol. The molecule has 11 nitrogen and oxygen atoms in total. The number of amides is 3. The van der Waals surface area contributed by atoms with E-state index in [-0.39, 0.29) is 31.9 Å². The SMILES string of the molecule is CCCCOC(=O)N1CCN(C(=O)[C@H](CP(=O)(O)O)NC(=O)c2nc(-c3ccccc3)sc2-c2ccccc2)CC1. The van der Waals surface area contributed by atoms with Crippen LogP contribution in [-0.4, -0.2) is 87.5 Å². The summed E-state index contributed by atoms with van der Waals surface area (Å²) >= 11 is 1.31. The number of piperazine rings is 1. The largest absolute Gasteiger partial charge is 0.449 e. The monoisotopic (exact) mass is 600 g/mol. The van der Waals surface area contributed by atoms with Gasteiger partial charge in [0, 0.05) is 31.7 Å². The van der Waals surface area contributed by atoms with Crippen LogP contribution in [0.2, 0.25) is 0 Å². The topological polar surface area (TPSA) is 149 Å². The minimum absolute atomic E-state index is 0.0585. The fourth-order valence-corrected chi connectivity index (χ4v) is 6.13. The molecule has 0 spiro atoms. The molecule has 2 heterocycles. The van der Waals surface area contributed by atoms with Gasteiger partial charge in [0.2, 0.25) is 5.91 Å². The summed E-state index contributed by atoms with van der Waals surface area (Å²) in [6, 6.07) is 17.0. The molecule has 218 valence electrons. The summed E-state index contributed by atoms with van der Waals surface area (Å²) in [5.74, 6) is -1.35. The number of carbonyl (C=O) groups excluding carboxylic acids is 3. The molecule has 3 amide bonds. The van der Waals surface area contributed by atoms with E-state index in [2.05, 4.69) is 10.3 Å². The second-order valence-electron chi connectivity index (χ2n) is 9.58. The second kappa shape index (κ2) is 13.9. The summed E-state index contributed by atoms with van der Waals surface area (Å²) < 4.78 is 17.2. The van der Waals surface area contributed by atoms with Gasteiger partial charge in [0.1, 0.15) is 16.7 Å². The smallest absolute Gasteiger partial charge is 0.409 e. The van der Waals surface area contributed by atoms with Gasteiger partial charge in [-0.25, -0.2) is 9.78 Å². The Hall–Kier alpha value is -3.57. The van der Waals surface area contributed by atoms with E-state index >= 15 is 0 Å². The molecule has 41 heavy (non-hydrogen) atoms. The van der Waals surface area contributed by atoms with Gasteiger partial charge in [0.05, 0.1) is 17.6 Å². The summed E-state index contributed by atoms with van der Waals surface area (Å²) in [6.07, 6.45) is 0.319. The van der Waals surface area contributed by atoms with Crippen molar-refractivity contribution in [2.45, 2.75) is 25.8 Å². The number of benzene rings is 2. The molecule has 1 atom stereocenters. The van der Waals surface area contributed by atoms with E-state index < -0.39 is 37.7 Å². The predicted molar refractivity (Wildman–Crippen MR) is 156 cm³/mol. The number of unbranched alkanes of at least 4 members (excludes halogenated alkanes) is 1. The van der Waals surface area contributed by atoms with Crippen LogP contribution in [0.15, 0.2) is 60.7 Å². The molecule has 13 heteroatoms. The molecule has 4 rings (SSSR count). The van der Waals surface area contributed by atoms with Gasteiger partial charge >= 0.3 is 13.7 Å². The fourth-order valence-electron chi connectivity index (χ4n) is 4.34. The number of nitrogens with one attached hydrogen (secondary N) is 1. The van der Waals surface area contributed by atoms with Gasteiger partial charge in [-0.05, 0) is 12.0 Å². The molecule has 0 bridgehead atoms. The molecule has 3 aromatic rings. The molecule has 1 fully saturated rings. The average Bonchev–Trinajstić information content (AvgIpc) is 3.43. The van der Waals surface area contributed by atoms with Crippen LogP contribution in [0.4, 0.5) is 4.79 Å². The normalized spacial score (nSPS) is 14.4. The van der Waals surface area contributed by atoms with Gasteiger partial charge in [-0.15, -0.1) is 11.3 Å². The Morgan fingerprint density at radius 3 is 2.15 bits per heavy atom. The number of nitrogens with zero attached hydrogens (tertiary/aromatic N) is 3. The van der Waals surface area contributed by atoms with Crippen LogP contribution in [0, 0.1) is 0 Å². The highest BCUT2D eigenvalue weighted by Gasteiger charge is 2.35. The summed E-state index contributed by atoms with van der Waals surface area (Å²) in [5.41, 5.74) is 1.61. The van der Waals surface area contributed by atoms with Crippen molar-refractivity contribution < 1.29 is 33.5 Å². The van der Waals surface area contributed by atoms with Crippen molar-refractivity contribution in [3.63, 3.8) is 0 Å². The number of thiazole rings is 1. The van der Waals surface area contributed by atoms with Crippen molar-refractivity contribution in [1.29, 1.82) is 0 Å². The summed E-state index contributed by atoms with van der Waals surface area (Å²) in [7, 11) is -4.70. The third-order valence-corrected chi connectivity index (χ3v) is 8.49. The number of aromatic nitrogens is 1. The van der Waals surface area contributed by atoms with Crippen LogP contribution < -0.4 is 5.32 Å². The van der Waals surface area contributed by atoms with Crippen LogP contribution in [0.1, 0.15) is 30.3 Å². The molecule has 2 aromatic carbocycles. The third-order valence-electron chi connectivity index (χ3n) is 6.50. The van der Waals surface area contributed by atoms with Crippen LogP contribution in [0.3, 0.4) is 0 Å². The Balaban J connectivity index is 1.53. The first-order valence-electron chi connectivity index (χ1n) is 13.3. The van der Waals surface area contributed by atoms with Crippen molar-refractivity contribution in [3.05, 3.63) is 66.4 Å². The molecule has 1 aliphatic rings. The second-order valence-corrected chi connectivity index (χ2v) is 12.3. The van der Waals surface area contributed by atoms with Crippen molar-refractivity contribution in [3.8, 4) is 21.0 Å². The molecule has 0 aliphatic carbocycles. The molecule has 3 N–H and O–H groups in total. The average molecular weight is 601 g/mol. The summed E-state index contributed by atoms with van der Waals surface area (Å²) in [4.78, 5) is 66.7. The lowest BCUT2D eigenvalue weighted by Gasteiger charge is -2.36. The van der Waals surface area contributed by atoms with E-state index in [4.69, 9.17) is 4.74 Å². The Labute approximate surface area is 242 Å². The number of hydrogen-bond donors (Lipinski definition) is 3. The van der Waals surface area contributed by atoms with E-state index in [1.165, 1.54) is 21.1 Å². The quantitative estimate of drug-likeness (QED) is 0.235. The van der Waals surface area contributed by atoms with Gasteiger partial charge in [0.25, 0.3) is 5.91 Å². The Morgan fingerprint density at radius 2 is 1.56 bits per heavy atom. The summed E-state index contributed by atoms with van der Waals surface area (Å²) in [6.45, 7) is 3.00. The van der Waals surface area contributed by atoms with E-state index in [0.29, 0.717) is 16.5 Å². The van der Waals surface area contributed by atoms with E-state index in [1.54, 1.807) is 0 Å². The molecule has 0 unspecified atom stereocenters. The lowest BCUT2D eigenvalue weighted by molar-refractivity contribution is -0.134. The highest BCUT2D eigenvalue weighted by Crippen LogP contribution is 2.37. The summed E-state index contributed by atoms with van der Waals surface area (Å²) in [5, 5.41) is 3.14. The first-order chi connectivity index (χ1) is 19.7. The zero-order chi connectivity index (χ0) is 29.4. The van der Waals surface area contributed by atoms with Crippen LogP contribution >= 0.6 is 18.9 Å². The van der Waals surface area contributed by atoms with Crippen molar-refractivity contribution in [2.24, 2.45) is 0 Å². The first kappa shape index (κ1) is 30.4. The first-order valence-corrected chi connectivity index (χ1v) is 15.9. The highest BCUT2D eigenvalue weighted by molar-refractivity contribution is 7.51. The fraction of sp³-hybridized carbons (Fsp3) is 0.357. The molecular formula is C28H33N4O7PS. The minimum Gasteiger partial charge on any atom is -0.449 e. The molecule has 1 saturated heterocycles. The maximum atomic E-state index is 13.6. The van der Waals surface area contributed by atoms with E-state index in [9.17, 15) is 28.7 Å². The van der Waals surface area contributed by atoms with E-state index in [0.717, 1.165) is 24.0 Å². The lowest BCUT2D eigenvalue weighted by atomic mass is 10.1. The molecule has 0 radical (unpaired) electrons. The lowest BCUT2D eigenvalue weighted by Crippen LogP contribution is -2.56. The number of carbonyl (C=O) groups is 3. The standard InChI is InChI=1S/C28H33N4O7PS/c1-2-3-18-39-28(35)32-16-14-31(15-17-32)27(34)22(19-40(36,37)38)29-25(33)23-24(20-10-6-4-7-11-20)41-26(30-23)21-12-8-5-9-13-21/h4-13,22H,2-3,14-19H2,1H3,(H,29,33)(H2,36,37,38)/t22-/m0/s1. The van der Waals surface area contributed by atoms with Gasteiger partial charge in [-0.2, -0.15) is 0 Å². The predicted octanol–water partition coefficient (Wildman–Crippen LogP) is 3.83. The van der Waals surface area contributed by atoms with Crippen molar-refractivity contribution in [2.75, 3.05) is 38.9 Å². The van der Waals surface area contributed by atoms with Crippen LogP contribution in [0.5, 0.6) is 0 Å². The van der Waals surface area contributed by atoms with Crippen molar-refractivity contribution >= 4 is 36.8 Å². The zero-order valence-corrected chi connectivity index (χ0v) is 24.4. The van der Waals surface area contributed by atoms with Gasteiger partial charge in [-0.1, -0.05) is 74.0 Å². The maximum Gasteiger partial charge on any atom is 0.409 e. The highest BCUT2D eigenvalue weighted by atomic mass is 32.1. The van der Waals surface area contributed by atoms with Crippen LogP contribution in [0.25, 0.3) is 21.0 Å².